The number of rotatable bonds is 4. The molecule has 3 aromatic carbocycles. The molecule has 5 heteroatoms. The monoisotopic (exact) mass is 349 g/mol. The average Bonchev–Trinajstić information content (AvgIpc) is 3.10. The predicted octanol–water partition coefficient (Wildman–Crippen LogP) is 5.22. The van der Waals surface area contributed by atoms with Crippen LogP contribution in [0.15, 0.2) is 77.3 Å². The van der Waals surface area contributed by atoms with Crippen LogP contribution in [0.1, 0.15) is 11.7 Å². The van der Waals surface area contributed by atoms with Crippen molar-refractivity contribution in [3.63, 3.8) is 0 Å². The number of hydrogen-bond donors (Lipinski definition) is 2. The van der Waals surface area contributed by atoms with Crippen molar-refractivity contribution in [1.29, 1.82) is 0 Å². The number of hydrogen-bond acceptors (Lipinski definition) is 4. The Kier molecular flexibility index (Phi) is 4.14. The van der Waals surface area contributed by atoms with Gasteiger partial charge in [-0.25, -0.2) is 0 Å². The van der Waals surface area contributed by atoms with Gasteiger partial charge in [-0.3, -0.25) is 0 Å². The van der Waals surface area contributed by atoms with Crippen molar-refractivity contribution in [1.82, 2.24) is 5.16 Å². The molecule has 0 saturated carbocycles. The highest BCUT2D eigenvalue weighted by Gasteiger charge is 2.13. The van der Waals surface area contributed by atoms with E-state index in [1.807, 2.05) is 54.6 Å². The van der Waals surface area contributed by atoms with E-state index in [0.717, 1.165) is 27.6 Å². The first-order valence-electron chi connectivity index (χ1n) is 7.93. The summed E-state index contributed by atoms with van der Waals surface area (Å²) >= 11 is 5.92. The maximum Gasteiger partial charge on any atom is 0.226 e. The molecule has 3 N–H and O–H groups in total. The zero-order valence-electron chi connectivity index (χ0n) is 13.3. The third-order valence-electron chi connectivity index (χ3n) is 4.11. The van der Waals surface area contributed by atoms with Gasteiger partial charge in [-0.05, 0) is 28.5 Å². The molecule has 0 aliphatic rings. The minimum absolute atomic E-state index is 0.405. The summed E-state index contributed by atoms with van der Waals surface area (Å²) in [7, 11) is 0. The minimum Gasteiger partial charge on any atom is -0.338 e. The molecule has 1 aromatic heterocycles. The molecule has 0 radical (unpaired) electrons. The molecule has 4 nitrogen and oxygen atoms in total. The van der Waals surface area contributed by atoms with Crippen LogP contribution in [-0.4, -0.2) is 5.16 Å². The first-order valence-corrected chi connectivity index (χ1v) is 8.31. The Labute approximate surface area is 150 Å². The Morgan fingerprint density at radius 1 is 0.960 bits per heavy atom. The largest absolute Gasteiger partial charge is 0.338 e. The number of nitrogens with zero attached hydrogens (tertiary/aromatic N) is 1. The molecule has 1 unspecified atom stereocenters. The molecule has 4 rings (SSSR count). The summed E-state index contributed by atoms with van der Waals surface area (Å²) in [6.45, 7) is 0. The van der Waals surface area contributed by atoms with Crippen LogP contribution < -0.4 is 11.1 Å². The van der Waals surface area contributed by atoms with E-state index in [9.17, 15) is 0 Å². The van der Waals surface area contributed by atoms with Crippen LogP contribution in [0.25, 0.3) is 22.0 Å². The van der Waals surface area contributed by atoms with Crippen molar-refractivity contribution >= 4 is 28.3 Å². The van der Waals surface area contributed by atoms with E-state index < -0.39 is 6.17 Å². The third kappa shape index (κ3) is 3.22. The predicted molar refractivity (Wildman–Crippen MR) is 101 cm³/mol. The maximum atomic E-state index is 6.34. The Hall–Kier alpha value is -2.82. The highest BCUT2D eigenvalue weighted by atomic mass is 35.5. The normalized spacial score (nSPS) is 12.2. The minimum atomic E-state index is -0.405. The molecule has 0 aliphatic heterocycles. The quantitative estimate of drug-likeness (QED) is 0.496. The SMILES string of the molecule is NC(Nc1cc(-c2ccc(Cl)cc2)no1)c1cccc2ccccc12. The van der Waals surface area contributed by atoms with Crippen LogP contribution in [0.2, 0.25) is 5.02 Å². The standard InChI is InChI=1S/C20H16ClN3O/c21-15-10-8-14(9-11-15)18-12-19(25-24-18)23-20(22)17-7-3-5-13-4-1-2-6-16(13)17/h1-12,20,23H,22H2. The Balaban J connectivity index is 1.59. The van der Waals surface area contributed by atoms with Crippen LogP contribution in [0.3, 0.4) is 0 Å². The first-order chi connectivity index (χ1) is 12.2. The number of halogens is 1. The van der Waals surface area contributed by atoms with Gasteiger partial charge >= 0.3 is 0 Å². The van der Waals surface area contributed by atoms with E-state index in [4.69, 9.17) is 21.9 Å². The molecular formula is C20H16ClN3O. The van der Waals surface area contributed by atoms with Gasteiger partial charge < -0.3 is 15.6 Å². The molecule has 0 bridgehead atoms. The van der Waals surface area contributed by atoms with Crippen LogP contribution in [-0.2, 0) is 0 Å². The maximum absolute atomic E-state index is 6.34. The molecule has 0 aliphatic carbocycles. The smallest absolute Gasteiger partial charge is 0.226 e. The second-order valence-corrected chi connectivity index (χ2v) is 6.21. The van der Waals surface area contributed by atoms with E-state index in [0.29, 0.717) is 10.9 Å². The number of anilines is 1. The van der Waals surface area contributed by atoms with Gasteiger partial charge in [0.15, 0.2) is 0 Å². The number of nitrogens with one attached hydrogen (secondary N) is 1. The van der Waals surface area contributed by atoms with Crippen molar-refractivity contribution in [2.24, 2.45) is 5.73 Å². The number of aromatic nitrogens is 1. The van der Waals surface area contributed by atoms with E-state index in [1.165, 1.54) is 0 Å². The van der Waals surface area contributed by atoms with E-state index in [1.54, 1.807) is 0 Å². The molecule has 1 heterocycles. The van der Waals surface area contributed by atoms with E-state index in [-0.39, 0.29) is 0 Å². The summed E-state index contributed by atoms with van der Waals surface area (Å²) in [5, 5.41) is 10.2. The molecule has 0 spiro atoms. The van der Waals surface area contributed by atoms with Gasteiger partial charge in [0.05, 0.1) is 0 Å². The molecule has 0 saturated heterocycles. The topological polar surface area (TPSA) is 64.1 Å². The first kappa shape index (κ1) is 15.7. The molecule has 4 aromatic rings. The highest BCUT2D eigenvalue weighted by molar-refractivity contribution is 6.30. The second-order valence-electron chi connectivity index (χ2n) is 5.77. The molecule has 25 heavy (non-hydrogen) atoms. The molecule has 0 fully saturated rings. The molecule has 1 atom stereocenters. The summed E-state index contributed by atoms with van der Waals surface area (Å²) in [6.07, 6.45) is -0.405. The third-order valence-corrected chi connectivity index (χ3v) is 4.36. The van der Waals surface area contributed by atoms with Crippen molar-refractivity contribution < 1.29 is 4.52 Å². The van der Waals surface area contributed by atoms with Gasteiger partial charge in [0, 0.05) is 16.7 Å². The molecule has 0 amide bonds. The van der Waals surface area contributed by atoms with Crippen LogP contribution in [0.5, 0.6) is 0 Å². The van der Waals surface area contributed by atoms with Crippen LogP contribution in [0, 0.1) is 0 Å². The zero-order valence-corrected chi connectivity index (χ0v) is 14.1. The molecular weight excluding hydrogens is 334 g/mol. The van der Waals surface area contributed by atoms with Crippen molar-refractivity contribution in [3.05, 3.63) is 83.4 Å². The lowest BCUT2D eigenvalue weighted by atomic mass is 10.0. The van der Waals surface area contributed by atoms with Crippen LogP contribution >= 0.6 is 11.6 Å². The lowest BCUT2D eigenvalue weighted by molar-refractivity contribution is 0.431. The Morgan fingerprint density at radius 2 is 1.72 bits per heavy atom. The van der Waals surface area contributed by atoms with Crippen molar-refractivity contribution in [3.8, 4) is 11.3 Å². The summed E-state index contributed by atoms with van der Waals surface area (Å²) < 4.78 is 5.38. The zero-order chi connectivity index (χ0) is 17.2. The van der Waals surface area contributed by atoms with Crippen molar-refractivity contribution in [2.45, 2.75) is 6.17 Å². The van der Waals surface area contributed by atoms with Gasteiger partial charge in [-0.1, -0.05) is 71.4 Å². The highest BCUT2D eigenvalue weighted by Crippen LogP contribution is 2.27. The summed E-state index contributed by atoms with van der Waals surface area (Å²) in [5.41, 5.74) is 9.00. The van der Waals surface area contributed by atoms with Gasteiger partial charge in [0.25, 0.3) is 0 Å². The summed E-state index contributed by atoms with van der Waals surface area (Å²) in [5.74, 6) is 0.519. The summed E-state index contributed by atoms with van der Waals surface area (Å²) in [6, 6.07) is 23.5. The van der Waals surface area contributed by atoms with Gasteiger partial charge in [0.1, 0.15) is 11.9 Å². The van der Waals surface area contributed by atoms with E-state index in [2.05, 4.69) is 28.7 Å². The number of fused-ring (bicyclic) bond motifs is 1. The Bertz CT molecular complexity index is 1010. The summed E-state index contributed by atoms with van der Waals surface area (Å²) in [4.78, 5) is 0. The fourth-order valence-corrected chi connectivity index (χ4v) is 2.98. The van der Waals surface area contributed by atoms with E-state index >= 15 is 0 Å². The second kappa shape index (κ2) is 6.59. The fourth-order valence-electron chi connectivity index (χ4n) is 2.85. The lowest BCUT2D eigenvalue weighted by Crippen LogP contribution is -2.19. The van der Waals surface area contributed by atoms with Crippen molar-refractivity contribution in [2.75, 3.05) is 5.32 Å². The lowest BCUT2D eigenvalue weighted by Gasteiger charge is -2.15. The van der Waals surface area contributed by atoms with Gasteiger partial charge in [-0.2, -0.15) is 0 Å². The average molecular weight is 350 g/mol. The van der Waals surface area contributed by atoms with Gasteiger partial charge in [-0.15, -0.1) is 0 Å². The van der Waals surface area contributed by atoms with Crippen LogP contribution in [0.4, 0.5) is 5.88 Å². The fraction of sp³-hybridized carbons (Fsp3) is 0.0500. The van der Waals surface area contributed by atoms with Gasteiger partial charge in [0.2, 0.25) is 5.88 Å². The number of nitrogens with two attached hydrogens (primary N) is 1. The molecule has 124 valence electrons. The Morgan fingerprint density at radius 3 is 2.56 bits per heavy atom. The number of benzene rings is 3.